The lowest BCUT2D eigenvalue weighted by molar-refractivity contribution is -0.285. The van der Waals surface area contributed by atoms with Crippen molar-refractivity contribution in [1.29, 1.82) is 0 Å². The lowest BCUT2D eigenvalue weighted by atomic mass is 9.99. The normalized spacial score (nSPS) is 24.4. The van der Waals surface area contributed by atoms with Crippen molar-refractivity contribution < 1.29 is 69.8 Å². The van der Waals surface area contributed by atoms with Crippen molar-refractivity contribution >= 4 is 11.9 Å². The standard InChI is InChI=1S/C20H20O14/c21-8-1-6(2-9(22)13(8)25)18(29)32-5-12-15(27)16(28)17(20(31)33-12)34-19(30)7-3-10(23)14(26)11(24)4-7/h1-4,12,15-17,20-28,31H,5H2/t12-,15-,16+,17-,20-/m1/s1. The Labute approximate surface area is 189 Å². The first-order valence-corrected chi connectivity index (χ1v) is 9.48. The van der Waals surface area contributed by atoms with E-state index in [2.05, 4.69) is 0 Å². The fourth-order valence-corrected chi connectivity index (χ4v) is 3.06. The summed E-state index contributed by atoms with van der Waals surface area (Å²) in [7, 11) is 0. The molecule has 0 bridgehead atoms. The van der Waals surface area contributed by atoms with Crippen molar-refractivity contribution in [3.8, 4) is 34.5 Å². The second-order valence-corrected chi connectivity index (χ2v) is 7.24. The minimum atomic E-state index is -2.01. The maximum Gasteiger partial charge on any atom is 0.338 e. The number of rotatable bonds is 5. The maximum absolute atomic E-state index is 12.2. The van der Waals surface area contributed by atoms with Crippen molar-refractivity contribution in [3.05, 3.63) is 35.4 Å². The molecule has 1 saturated heterocycles. The highest BCUT2D eigenvalue weighted by molar-refractivity contribution is 5.91. The molecule has 1 fully saturated rings. The number of benzene rings is 2. The molecule has 3 rings (SSSR count). The Morgan fingerprint density at radius 1 is 0.735 bits per heavy atom. The SMILES string of the molecule is O=C(OC[C@H]1O[C@@H](O)[C@H](OC(=O)c2cc(O)c(O)c(O)c2)[C@@H](O)[C@@H]1O)c1cc(O)c(O)c(O)c1. The average molecular weight is 484 g/mol. The van der Waals surface area contributed by atoms with Gasteiger partial charge in [-0.05, 0) is 24.3 Å². The molecular weight excluding hydrogens is 464 g/mol. The highest BCUT2D eigenvalue weighted by Crippen LogP contribution is 2.37. The van der Waals surface area contributed by atoms with Crippen LogP contribution in [0.3, 0.4) is 0 Å². The highest BCUT2D eigenvalue weighted by atomic mass is 16.7. The summed E-state index contributed by atoms with van der Waals surface area (Å²) in [5.41, 5.74) is -0.829. The average Bonchev–Trinajstić information content (AvgIpc) is 2.78. The summed E-state index contributed by atoms with van der Waals surface area (Å²) in [5.74, 6) is -7.41. The van der Waals surface area contributed by atoms with Crippen LogP contribution in [-0.2, 0) is 14.2 Å². The number of carbonyl (C=O) groups is 2. The first kappa shape index (κ1) is 24.7. The largest absolute Gasteiger partial charge is 0.504 e. The Hall–Kier alpha value is -3.98. The first-order valence-electron chi connectivity index (χ1n) is 9.48. The smallest absolute Gasteiger partial charge is 0.338 e. The first-order chi connectivity index (χ1) is 15.9. The van der Waals surface area contributed by atoms with Gasteiger partial charge < -0.3 is 60.2 Å². The van der Waals surface area contributed by atoms with E-state index in [-0.39, 0.29) is 5.56 Å². The van der Waals surface area contributed by atoms with E-state index >= 15 is 0 Å². The summed E-state index contributed by atoms with van der Waals surface area (Å²) in [6.45, 7) is -0.725. The van der Waals surface area contributed by atoms with Gasteiger partial charge in [0, 0.05) is 0 Å². The summed E-state index contributed by atoms with van der Waals surface area (Å²) in [5, 5.41) is 87.1. The molecule has 0 aliphatic carbocycles. The van der Waals surface area contributed by atoms with Gasteiger partial charge in [0.1, 0.15) is 24.9 Å². The fraction of sp³-hybridized carbons (Fsp3) is 0.300. The number of phenolic OH excluding ortho intramolecular Hbond substituents is 6. The fourth-order valence-electron chi connectivity index (χ4n) is 3.06. The zero-order chi connectivity index (χ0) is 25.3. The Morgan fingerprint density at radius 2 is 1.18 bits per heavy atom. The number of aromatic hydroxyl groups is 6. The zero-order valence-corrected chi connectivity index (χ0v) is 17.0. The Morgan fingerprint density at radius 3 is 1.65 bits per heavy atom. The molecule has 14 heteroatoms. The van der Waals surface area contributed by atoms with Gasteiger partial charge in [0.2, 0.25) is 0 Å². The summed E-state index contributed by atoms with van der Waals surface area (Å²) in [6, 6.07) is 3.09. The van der Waals surface area contributed by atoms with Gasteiger partial charge in [-0.15, -0.1) is 0 Å². The quantitative estimate of drug-likeness (QED) is 0.178. The van der Waals surface area contributed by atoms with E-state index in [1.165, 1.54) is 0 Å². The van der Waals surface area contributed by atoms with Gasteiger partial charge in [-0.2, -0.15) is 0 Å². The monoisotopic (exact) mass is 484 g/mol. The van der Waals surface area contributed by atoms with E-state index in [0.29, 0.717) is 0 Å². The van der Waals surface area contributed by atoms with Crippen LogP contribution in [0.1, 0.15) is 20.7 Å². The van der Waals surface area contributed by atoms with Gasteiger partial charge in [-0.25, -0.2) is 9.59 Å². The number of aliphatic hydroxyl groups is 3. The molecule has 14 nitrogen and oxygen atoms in total. The number of ether oxygens (including phenoxy) is 3. The molecule has 0 unspecified atom stereocenters. The molecule has 1 aliphatic heterocycles. The van der Waals surface area contributed by atoms with Crippen LogP contribution in [0.15, 0.2) is 24.3 Å². The molecule has 0 spiro atoms. The van der Waals surface area contributed by atoms with Gasteiger partial charge in [-0.1, -0.05) is 0 Å². The Bertz CT molecular complexity index is 1050. The molecule has 1 heterocycles. The lowest BCUT2D eigenvalue weighted by Gasteiger charge is -2.39. The molecule has 0 saturated carbocycles. The van der Waals surface area contributed by atoms with Gasteiger partial charge >= 0.3 is 11.9 Å². The molecule has 5 atom stereocenters. The molecule has 0 amide bonds. The molecule has 0 aromatic heterocycles. The molecule has 1 aliphatic rings. The number of hydrogen-bond donors (Lipinski definition) is 9. The van der Waals surface area contributed by atoms with Crippen LogP contribution in [0.4, 0.5) is 0 Å². The van der Waals surface area contributed by atoms with Crippen molar-refractivity contribution in [1.82, 2.24) is 0 Å². The van der Waals surface area contributed by atoms with Gasteiger partial charge in [0.25, 0.3) is 0 Å². The number of aliphatic hydroxyl groups excluding tert-OH is 3. The molecule has 2 aromatic rings. The predicted octanol–water partition coefficient (Wildman–Crippen LogP) is -1.26. The van der Waals surface area contributed by atoms with E-state index in [9.17, 15) is 55.5 Å². The Balaban J connectivity index is 1.64. The molecule has 9 N–H and O–H groups in total. The van der Waals surface area contributed by atoms with Crippen molar-refractivity contribution in [2.75, 3.05) is 6.61 Å². The minimum Gasteiger partial charge on any atom is -0.504 e. The van der Waals surface area contributed by atoms with Crippen LogP contribution in [0.2, 0.25) is 0 Å². The van der Waals surface area contributed by atoms with E-state index in [0.717, 1.165) is 24.3 Å². The van der Waals surface area contributed by atoms with Gasteiger partial charge in [0.05, 0.1) is 11.1 Å². The number of carbonyl (C=O) groups excluding carboxylic acids is 2. The zero-order valence-electron chi connectivity index (χ0n) is 17.0. The van der Waals surface area contributed by atoms with Gasteiger partial charge in [-0.3, -0.25) is 0 Å². The summed E-state index contributed by atoms with van der Waals surface area (Å²) in [4.78, 5) is 24.3. The Kier molecular flexibility index (Phi) is 6.88. The van der Waals surface area contributed by atoms with Crippen LogP contribution in [0.25, 0.3) is 0 Å². The number of esters is 2. The predicted molar refractivity (Wildman–Crippen MR) is 105 cm³/mol. The molecular formula is C20H20O14. The van der Waals surface area contributed by atoms with Crippen LogP contribution in [-0.4, -0.2) is 95.2 Å². The van der Waals surface area contributed by atoms with Crippen LogP contribution in [0.5, 0.6) is 34.5 Å². The van der Waals surface area contributed by atoms with E-state index in [1.54, 1.807) is 0 Å². The molecule has 2 aromatic carbocycles. The van der Waals surface area contributed by atoms with Gasteiger partial charge in [0.15, 0.2) is 46.9 Å². The molecule has 0 radical (unpaired) electrons. The van der Waals surface area contributed by atoms with Crippen LogP contribution < -0.4 is 0 Å². The third-order valence-corrected chi connectivity index (χ3v) is 4.90. The molecule has 34 heavy (non-hydrogen) atoms. The third kappa shape index (κ3) is 4.84. The van der Waals surface area contributed by atoms with Crippen LogP contribution >= 0.6 is 0 Å². The highest BCUT2D eigenvalue weighted by Gasteiger charge is 2.46. The minimum absolute atomic E-state index is 0.369. The maximum atomic E-state index is 12.2. The molecule has 184 valence electrons. The second-order valence-electron chi connectivity index (χ2n) is 7.24. The van der Waals surface area contributed by atoms with Crippen LogP contribution in [0, 0.1) is 0 Å². The lowest BCUT2D eigenvalue weighted by Crippen LogP contribution is -2.60. The van der Waals surface area contributed by atoms with E-state index < -0.39 is 89.3 Å². The summed E-state index contributed by atoms with van der Waals surface area (Å²) >= 11 is 0. The van der Waals surface area contributed by atoms with E-state index in [4.69, 9.17) is 14.2 Å². The van der Waals surface area contributed by atoms with Crippen molar-refractivity contribution in [2.45, 2.75) is 30.7 Å². The number of hydrogen-bond acceptors (Lipinski definition) is 14. The third-order valence-electron chi connectivity index (χ3n) is 4.90. The van der Waals surface area contributed by atoms with Crippen molar-refractivity contribution in [3.63, 3.8) is 0 Å². The van der Waals surface area contributed by atoms with E-state index in [1.807, 2.05) is 0 Å². The van der Waals surface area contributed by atoms with Crippen molar-refractivity contribution in [2.24, 2.45) is 0 Å². The summed E-state index contributed by atoms with van der Waals surface area (Å²) < 4.78 is 14.8. The summed E-state index contributed by atoms with van der Waals surface area (Å²) in [6.07, 6.45) is -9.11. The second kappa shape index (κ2) is 9.48. The number of phenols is 6. The topological polar surface area (TPSA) is 244 Å².